The summed E-state index contributed by atoms with van der Waals surface area (Å²) >= 11 is 0. The summed E-state index contributed by atoms with van der Waals surface area (Å²) in [4.78, 5) is 24.3. The molecule has 0 atom stereocenters. The van der Waals surface area contributed by atoms with Crippen molar-refractivity contribution in [2.24, 2.45) is 5.10 Å². The number of nitrogens with one attached hydrogen (secondary N) is 2. The lowest BCUT2D eigenvalue weighted by molar-refractivity contribution is -0.136. The number of carbonyl (C=O) groups is 2. The van der Waals surface area contributed by atoms with Crippen LogP contribution in [0.1, 0.15) is 5.56 Å². The Balaban J connectivity index is 1.62. The first kappa shape index (κ1) is 20.6. The van der Waals surface area contributed by atoms with Crippen LogP contribution in [0.2, 0.25) is 0 Å². The van der Waals surface area contributed by atoms with Gasteiger partial charge in [0.2, 0.25) is 0 Å². The first-order chi connectivity index (χ1) is 14.6. The van der Waals surface area contributed by atoms with E-state index in [4.69, 9.17) is 9.47 Å². The predicted molar refractivity (Wildman–Crippen MR) is 117 cm³/mol. The van der Waals surface area contributed by atoms with Crippen LogP contribution in [-0.4, -0.2) is 31.7 Å². The number of nitrogens with zero attached hydrogens (tertiary/aromatic N) is 1. The van der Waals surface area contributed by atoms with Gasteiger partial charge in [-0.2, -0.15) is 5.10 Å². The Labute approximate surface area is 174 Å². The fraction of sp³-hybridized carbons (Fsp3) is 0.0870. The summed E-state index contributed by atoms with van der Waals surface area (Å²) in [5.74, 6) is -0.611. The highest BCUT2D eigenvalue weighted by Crippen LogP contribution is 2.27. The summed E-state index contributed by atoms with van der Waals surface area (Å²) in [5.41, 5.74) is 3.43. The molecule has 3 aromatic rings. The van der Waals surface area contributed by atoms with Gasteiger partial charge in [0.05, 0.1) is 13.3 Å². The van der Waals surface area contributed by atoms with E-state index >= 15 is 0 Å². The molecule has 0 aliphatic carbocycles. The van der Waals surface area contributed by atoms with Crippen LogP contribution in [0.4, 0.5) is 5.69 Å². The molecule has 0 bridgehead atoms. The molecule has 0 saturated carbocycles. The molecule has 0 aliphatic heterocycles. The number of rotatable bonds is 7. The number of hydrogen-bond donors (Lipinski definition) is 2. The van der Waals surface area contributed by atoms with Crippen molar-refractivity contribution >= 4 is 34.5 Å². The zero-order valence-electron chi connectivity index (χ0n) is 16.4. The van der Waals surface area contributed by atoms with Gasteiger partial charge in [0.15, 0.2) is 11.5 Å². The lowest BCUT2D eigenvalue weighted by Gasteiger charge is -2.09. The van der Waals surface area contributed by atoms with Crippen LogP contribution >= 0.6 is 0 Å². The number of anilines is 1. The van der Waals surface area contributed by atoms with Crippen LogP contribution in [0.5, 0.6) is 11.5 Å². The normalized spacial score (nSPS) is 10.6. The third-order valence-corrected chi connectivity index (χ3v) is 4.17. The molecule has 0 aliphatic rings. The average Bonchev–Trinajstić information content (AvgIpc) is 2.78. The van der Waals surface area contributed by atoms with Crippen LogP contribution in [-0.2, 0) is 9.59 Å². The van der Waals surface area contributed by atoms with Gasteiger partial charge in [0, 0.05) is 11.1 Å². The quantitative estimate of drug-likeness (QED) is 0.273. The minimum absolute atomic E-state index is 0.353. The third-order valence-electron chi connectivity index (χ3n) is 4.17. The second-order valence-corrected chi connectivity index (χ2v) is 6.19. The minimum Gasteiger partial charge on any atom is -0.493 e. The van der Waals surface area contributed by atoms with Crippen molar-refractivity contribution in [2.75, 3.05) is 19.0 Å². The van der Waals surface area contributed by atoms with Crippen LogP contribution in [0, 0.1) is 0 Å². The van der Waals surface area contributed by atoms with E-state index in [9.17, 15) is 9.59 Å². The fourth-order valence-electron chi connectivity index (χ4n) is 2.76. The van der Waals surface area contributed by atoms with Gasteiger partial charge in [-0.15, -0.1) is 0 Å². The molecule has 2 amide bonds. The van der Waals surface area contributed by atoms with Gasteiger partial charge in [-0.1, -0.05) is 49.1 Å². The van der Waals surface area contributed by atoms with Gasteiger partial charge in [-0.3, -0.25) is 9.59 Å². The molecule has 3 aromatic carbocycles. The summed E-state index contributed by atoms with van der Waals surface area (Å²) in [6.45, 7) is 3.95. The molecule has 152 valence electrons. The molecule has 0 unspecified atom stereocenters. The Bertz CT molecular complexity index is 1100. The van der Waals surface area contributed by atoms with Gasteiger partial charge in [-0.25, -0.2) is 5.43 Å². The molecule has 0 aromatic heterocycles. The van der Waals surface area contributed by atoms with Crippen molar-refractivity contribution in [3.8, 4) is 11.5 Å². The van der Waals surface area contributed by atoms with Crippen LogP contribution in [0.25, 0.3) is 10.8 Å². The van der Waals surface area contributed by atoms with Crippen molar-refractivity contribution < 1.29 is 19.1 Å². The summed E-state index contributed by atoms with van der Waals surface area (Å²) in [5, 5.41) is 8.25. The minimum atomic E-state index is -0.878. The monoisotopic (exact) mass is 403 g/mol. The van der Waals surface area contributed by atoms with Crippen molar-refractivity contribution in [3.05, 3.63) is 78.9 Å². The third kappa shape index (κ3) is 5.02. The molecule has 2 N–H and O–H groups in total. The van der Waals surface area contributed by atoms with E-state index in [2.05, 4.69) is 22.4 Å². The van der Waals surface area contributed by atoms with Gasteiger partial charge < -0.3 is 14.8 Å². The first-order valence-electron chi connectivity index (χ1n) is 9.16. The van der Waals surface area contributed by atoms with Gasteiger partial charge >= 0.3 is 11.8 Å². The van der Waals surface area contributed by atoms with E-state index in [1.165, 1.54) is 13.3 Å². The molecule has 7 nitrogen and oxygen atoms in total. The first-order valence-corrected chi connectivity index (χ1v) is 9.16. The van der Waals surface area contributed by atoms with E-state index in [-0.39, 0.29) is 0 Å². The van der Waals surface area contributed by atoms with Crippen molar-refractivity contribution in [3.63, 3.8) is 0 Å². The highest BCUT2D eigenvalue weighted by molar-refractivity contribution is 6.40. The predicted octanol–water partition coefficient (Wildman–Crippen LogP) is 3.50. The lowest BCUT2D eigenvalue weighted by atomic mass is 10.1. The number of hydrazone groups is 1. The molecule has 0 heterocycles. The largest absolute Gasteiger partial charge is 0.493 e. The summed E-state index contributed by atoms with van der Waals surface area (Å²) in [6, 6.07) is 18.2. The molecule has 0 spiro atoms. The van der Waals surface area contributed by atoms with Gasteiger partial charge in [0.1, 0.15) is 6.61 Å². The molecule has 3 rings (SSSR count). The van der Waals surface area contributed by atoms with Gasteiger partial charge in [0.25, 0.3) is 0 Å². The molecule has 0 saturated heterocycles. The standard InChI is InChI=1S/C23H21N3O4/c1-3-13-30-20-12-11-16(14-21(20)29-2)15-24-26-23(28)22(27)25-19-10-6-8-17-7-4-5-9-18(17)19/h3-12,14-15H,1,13H2,2H3,(H,25,27)(H,26,28)/b24-15+. The maximum absolute atomic E-state index is 12.2. The Hall–Kier alpha value is -4.13. The molecule has 0 fully saturated rings. The summed E-state index contributed by atoms with van der Waals surface area (Å²) in [7, 11) is 1.52. The van der Waals surface area contributed by atoms with Gasteiger partial charge in [-0.05, 0) is 35.2 Å². The number of ether oxygens (including phenoxy) is 2. The number of fused-ring (bicyclic) bond motifs is 1. The molecule has 30 heavy (non-hydrogen) atoms. The Morgan fingerprint density at radius 1 is 1.03 bits per heavy atom. The van der Waals surface area contributed by atoms with Crippen LogP contribution in [0.3, 0.4) is 0 Å². The zero-order valence-corrected chi connectivity index (χ0v) is 16.4. The summed E-state index contributed by atoms with van der Waals surface area (Å²) in [6.07, 6.45) is 3.04. The van der Waals surface area contributed by atoms with E-state index in [1.54, 1.807) is 30.3 Å². The smallest absolute Gasteiger partial charge is 0.329 e. The number of amides is 2. The lowest BCUT2D eigenvalue weighted by Crippen LogP contribution is -2.32. The zero-order chi connectivity index (χ0) is 21.3. The second-order valence-electron chi connectivity index (χ2n) is 6.19. The molecular weight excluding hydrogens is 382 g/mol. The maximum atomic E-state index is 12.2. The highest BCUT2D eigenvalue weighted by Gasteiger charge is 2.14. The van der Waals surface area contributed by atoms with E-state index in [1.807, 2.05) is 36.4 Å². The Kier molecular flexibility index (Phi) is 6.78. The highest BCUT2D eigenvalue weighted by atomic mass is 16.5. The van der Waals surface area contributed by atoms with Crippen molar-refractivity contribution in [1.82, 2.24) is 5.43 Å². The SMILES string of the molecule is C=CCOc1ccc(/C=N/NC(=O)C(=O)Nc2cccc3ccccc23)cc1OC. The fourth-order valence-corrected chi connectivity index (χ4v) is 2.76. The van der Waals surface area contributed by atoms with E-state index < -0.39 is 11.8 Å². The van der Waals surface area contributed by atoms with Crippen molar-refractivity contribution in [1.29, 1.82) is 0 Å². The topological polar surface area (TPSA) is 89.0 Å². The Morgan fingerprint density at radius 3 is 2.63 bits per heavy atom. The number of methoxy groups -OCH3 is 1. The average molecular weight is 403 g/mol. The molecular formula is C23H21N3O4. The number of hydrogen-bond acceptors (Lipinski definition) is 5. The summed E-state index contributed by atoms with van der Waals surface area (Å²) < 4.78 is 10.8. The molecule has 0 radical (unpaired) electrons. The van der Waals surface area contributed by atoms with Crippen molar-refractivity contribution in [2.45, 2.75) is 0 Å². The van der Waals surface area contributed by atoms with E-state index in [0.29, 0.717) is 29.4 Å². The number of carbonyl (C=O) groups excluding carboxylic acids is 2. The Morgan fingerprint density at radius 2 is 1.83 bits per heavy atom. The van der Waals surface area contributed by atoms with Crippen LogP contribution < -0.4 is 20.2 Å². The molecule has 7 heteroatoms. The number of benzene rings is 3. The maximum Gasteiger partial charge on any atom is 0.329 e. The second kappa shape index (κ2) is 9.88. The van der Waals surface area contributed by atoms with E-state index in [0.717, 1.165) is 10.8 Å². The van der Waals surface area contributed by atoms with Crippen LogP contribution in [0.15, 0.2) is 78.4 Å².